The van der Waals surface area contributed by atoms with E-state index >= 15 is 0 Å². The number of piperidine rings is 1. The zero-order valence-corrected chi connectivity index (χ0v) is 15.2. The first-order valence-corrected chi connectivity index (χ1v) is 8.53. The molecule has 1 aliphatic rings. The molecule has 1 aromatic rings. The third kappa shape index (κ3) is 6.06. The molecule has 136 valence electrons. The Morgan fingerprint density at radius 3 is 2.54 bits per heavy atom. The SMILES string of the molecule is CCOC(C(=O)N1CCC(OCCCN)CC1)c1ccccc1.Cl. The van der Waals surface area contributed by atoms with Crippen LogP contribution < -0.4 is 5.73 Å². The lowest BCUT2D eigenvalue weighted by Crippen LogP contribution is -2.43. The maximum atomic E-state index is 12.8. The van der Waals surface area contributed by atoms with Gasteiger partial charge in [0.25, 0.3) is 5.91 Å². The van der Waals surface area contributed by atoms with E-state index in [1.807, 2.05) is 42.2 Å². The normalized spacial score (nSPS) is 16.5. The van der Waals surface area contributed by atoms with Gasteiger partial charge in [0, 0.05) is 26.3 Å². The molecule has 0 radical (unpaired) electrons. The topological polar surface area (TPSA) is 64.8 Å². The van der Waals surface area contributed by atoms with Crippen LogP contribution in [0.2, 0.25) is 0 Å². The standard InChI is InChI=1S/C18H28N2O3.ClH/c1-2-22-17(15-7-4-3-5-8-15)18(21)20-12-9-16(10-13-20)23-14-6-11-19;/h3-5,7-8,16-17H,2,6,9-14,19H2,1H3;1H. The van der Waals surface area contributed by atoms with E-state index in [-0.39, 0.29) is 24.4 Å². The quantitative estimate of drug-likeness (QED) is 0.727. The van der Waals surface area contributed by atoms with Crippen molar-refractivity contribution in [2.45, 2.75) is 38.4 Å². The molecule has 0 aromatic heterocycles. The molecule has 6 heteroatoms. The van der Waals surface area contributed by atoms with E-state index in [2.05, 4.69) is 0 Å². The lowest BCUT2D eigenvalue weighted by molar-refractivity contribution is -0.146. The number of benzene rings is 1. The van der Waals surface area contributed by atoms with Crippen LogP contribution >= 0.6 is 12.4 Å². The fraction of sp³-hybridized carbons (Fsp3) is 0.611. The number of ether oxygens (including phenoxy) is 2. The molecule has 2 rings (SSSR count). The van der Waals surface area contributed by atoms with Crippen molar-refractivity contribution in [3.05, 3.63) is 35.9 Å². The summed E-state index contributed by atoms with van der Waals surface area (Å²) in [5.41, 5.74) is 6.39. The second-order valence-electron chi connectivity index (χ2n) is 5.78. The van der Waals surface area contributed by atoms with E-state index in [9.17, 15) is 4.79 Å². The van der Waals surface area contributed by atoms with Crippen LogP contribution in [0.25, 0.3) is 0 Å². The van der Waals surface area contributed by atoms with Crippen molar-refractivity contribution < 1.29 is 14.3 Å². The van der Waals surface area contributed by atoms with Crippen LogP contribution in [0, 0.1) is 0 Å². The summed E-state index contributed by atoms with van der Waals surface area (Å²) >= 11 is 0. The lowest BCUT2D eigenvalue weighted by Gasteiger charge is -2.34. The van der Waals surface area contributed by atoms with Crippen LogP contribution in [-0.2, 0) is 14.3 Å². The van der Waals surface area contributed by atoms with Gasteiger partial charge in [-0.1, -0.05) is 30.3 Å². The summed E-state index contributed by atoms with van der Waals surface area (Å²) < 4.78 is 11.5. The maximum absolute atomic E-state index is 12.8. The summed E-state index contributed by atoms with van der Waals surface area (Å²) in [6.07, 6.45) is 2.39. The van der Waals surface area contributed by atoms with Gasteiger partial charge in [-0.2, -0.15) is 0 Å². The molecular formula is C18H29ClN2O3. The number of nitrogens with zero attached hydrogens (tertiary/aromatic N) is 1. The van der Waals surface area contributed by atoms with Gasteiger partial charge in [0.15, 0.2) is 6.10 Å². The van der Waals surface area contributed by atoms with Crippen molar-refractivity contribution in [2.75, 3.05) is 32.8 Å². The smallest absolute Gasteiger partial charge is 0.256 e. The highest BCUT2D eigenvalue weighted by molar-refractivity contribution is 5.85. The van der Waals surface area contributed by atoms with E-state index in [1.165, 1.54) is 0 Å². The maximum Gasteiger partial charge on any atom is 0.256 e. The molecule has 1 unspecified atom stereocenters. The Morgan fingerprint density at radius 2 is 1.96 bits per heavy atom. The van der Waals surface area contributed by atoms with E-state index in [0.717, 1.165) is 37.9 Å². The van der Waals surface area contributed by atoms with Crippen LogP contribution in [0.3, 0.4) is 0 Å². The molecule has 5 nitrogen and oxygen atoms in total. The third-order valence-electron chi connectivity index (χ3n) is 4.12. The van der Waals surface area contributed by atoms with Gasteiger partial charge in [-0.25, -0.2) is 0 Å². The Bertz CT molecular complexity index is 465. The van der Waals surface area contributed by atoms with Gasteiger partial charge in [-0.15, -0.1) is 12.4 Å². The van der Waals surface area contributed by atoms with Gasteiger partial charge in [0.05, 0.1) is 6.10 Å². The highest BCUT2D eigenvalue weighted by atomic mass is 35.5. The zero-order valence-electron chi connectivity index (χ0n) is 14.4. The first-order chi connectivity index (χ1) is 11.3. The molecule has 1 atom stereocenters. The molecule has 1 aliphatic heterocycles. The Hall–Kier alpha value is -1.14. The first-order valence-electron chi connectivity index (χ1n) is 8.53. The number of carbonyl (C=O) groups excluding carboxylic acids is 1. The van der Waals surface area contributed by atoms with Gasteiger partial charge in [-0.05, 0) is 38.3 Å². The largest absolute Gasteiger partial charge is 0.378 e. The number of hydrogen-bond acceptors (Lipinski definition) is 4. The van der Waals surface area contributed by atoms with E-state index < -0.39 is 6.10 Å². The Labute approximate surface area is 150 Å². The predicted octanol–water partition coefficient (Wildman–Crippen LogP) is 2.54. The number of halogens is 1. The summed E-state index contributed by atoms with van der Waals surface area (Å²) in [6, 6.07) is 9.71. The average Bonchev–Trinajstić information content (AvgIpc) is 2.61. The Balaban J connectivity index is 0.00000288. The van der Waals surface area contributed by atoms with Crippen LogP contribution in [0.1, 0.15) is 37.9 Å². The fourth-order valence-electron chi connectivity index (χ4n) is 2.85. The second kappa shape index (κ2) is 11.4. The number of carbonyl (C=O) groups is 1. The van der Waals surface area contributed by atoms with Crippen molar-refractivity contribution in [1.29, 1.82) is 0 Å². The molecule has 0 saturated carbocycles. The van der Waals surface area contributed by atoms with Crippen molar-refractivity contribution in [2.24, 2.45) is 5.73 Å². The minimum atomic E-state index is -0.504. The molecule has 0 bridgehead atoms. The molecular weight excluding hydrogens is 328 g/mol. The van der Waals surface area contributed by atoms with E-state index in [1.54, 1.807) is 0 Å². The van der Waals surface area contributed by atoms with Crippen molar-refractivity contribution in [1.82, 2.24) is 4.90 Å². The molecule has 1 aromatic carbocycles. The molecule has 1 saturated heterocycles. The minimum Gasteiger partial charge on any atom is -0.378 e. The van der Waals surface area contributed by atoms with Crippen LogP contribution in [0.15, 0.2) is 30.3 Å². The molecule has 0 spiro atoms. The first kappa shape index (κ1) is 20.9. The predicted molar refractivity (Wildman–Crippen MR) is 97.3 cm³/mol. The van der Waals surface area contributed by atoms with Gasteiger partial charge in [-0.3, -0.25) is 4.79 Å². The Morgan fingerprint density at radius 1 is 1.29 bits per heavy atom. The van der Waals surface area contributed by atoms with E-state index in [4.69, 9.17) is 15.2 Å². The number of amides is 1. The summed E-state index contributed by atoms with van der Waals surface area (Å²) in [5, 5.41) is 0. The van der Waals surface area contributed by atoms with Crippen LogP contribution in [0.5, 0.6) is 0 Å². The summed E-state index contributed by atoms with van der Waals surface area (Å²) in [5.74, 6) is 0.0541. The highest BCUT2D eigenvalue weighted by Crippen LogP contribution is 2.23. The van der Waals surface area contributed by atoms with Gasteiger partial charge in [0.1, 0.15) is 0 Å². The zero-order chi connectivity index (χ0) is 16.5. The lowest BCUT2D eigenvalue weighted by atomic mass is 10.0. The molecule has 2 N–H and O–H groups in total. The van der Waals surface area contributed by atoms with Crippen LogP contribution in [0.4, 0.5) is 0 Å². The highest BCUT2D eigenvalue weighted by Gasteiger charge is 2.29. The molecule has 1 heterocycles. The van der Waals surface area contributed by atoms with Crippen LogP contribution in [-0.4, -0.2) is 49.8 Å². The summed E-state index contributed by atoms with van der Waals surface area (Å²) in [4.78, 5) is 14.7. The van der Waals surface area contributed by atoms with Gasteiger partial charge in [0.2, 0.25) is 0 Å². The Kier molecular flexibility index (Phi) is 9.95. The molecule has 24 heavy (non-hydrogen) atoms. The fourth-order valence-corrected chi connectivity index (χ4v) is 2.85. The number of rotatable bonds is 8. The third-order valence-corrected chi connectivity index (χ3v) is 4.12. The summed E-state index contributed by atoms with van der Waals surface area (Å²) in [7, 11) is 0. The second-order valence-corrected chi connectivity index (χ2v) is 5.78. The monoisotopic (exact) mass is 356 g/mol. The average molecular weight is 357 g/mol. The minimum absolute atomic E-state index is 0. The molecule has 1 fully saturated rings. The summed E-state index contributed by atoms with van der Waals surface area (Å²) in [6.45, 7) is 5.25. The van der Waals surface area contributed by atoms with Gasteiger partial charge < -0.3 is 20.1 Å². The number of nitrogens with two attached hydrogens (primary N) is 1. The van der Waals surface area contributed by atoms with E-state index in [0.29, 0.717) is 19.8 Å². The van der Waals surface area contributed by atoms with Gasteiger partial charge >= 0.3 is 0 Å². The van der Waals surface area contributed by atoms with Crippen molar-refractivity contribution in [3.63, 3.8) is 0 Å². The molecule has 0 aliphatic carbocycles. The van der Waals surface area contributed by atoms with Crippen molar-refractivity contribution in [3.8, 4) is 0 Å². The number of likely N-dealkylation sites (tertiary alicyclic amines) is 1. The number of hydrogen-bond donors (Lipinski definition) is 1. The van der Waals surface area contributed by atoms with Crippen molar-refractivity contribution >= 4 is 18.3 Å². The molecule has 1 amide bonds.